The van der Waals surface area contributed by atoms with E-state index in [2.05, 4.69) is 6.92 Å². The highest BCUT2D eigenvalue weighted by Crippen LogP contribution is 2.32. The molecule has 2 rings (SSSR count). The topological polar surface area (TPSA) is 89.4 Å². The lowest BCUT2D eigenvalue weighted by atomic mass is 10.1. The monoisotopic (exact) mass is 305 g/mol. The zero-order chi connectivity index (χ0) is 15.6. The van der Waals surface area contributed by atoms with Crippen LogP contribution in [0.5, 0.6) is 0 Å². The summed E-state index contributed by atoms with van der Waals surface area (Å²) in [4.78, 5) is 1.78. The lowest BCUT2D eigenvalue weighted by Gasteiger charge is -2.22. The number of nitrogens with zero attached hydrogens (tertiary/aromatic N) is 1. The molecule has 4 N–H and O–H groups in total. The number of nitrogen functional groups attached to an aromatic ring is 1. The van der Waals surface area contributed by atoms with E-state index >= 15 is 0 Å². The fourth-order valence-electron chi connectivity index (χ4n) is 2.17. The molecule has 0 aliphatic carbocycles. The van der Waals surface area contributed by atoms with Gasteiger partial charge in [0, 0.05) is 12.7 Å². The minimum Gasteiger partial charge on any atom is -0.396 e. The van der Waals surface area contributed by atoms with Crippen LogP contribution in [0.25, 0.3) is 0 Å². The number of rotatable bonds is 4. The molecule has 0 aliphatic heterocycles. The molecule has 0 fully saturated rings. The number of nitrogens with two attached hydrogens (primary N) is 2. The van der Waals surface area contributed by atoms with Crippen molar-refractivity contribution in [2.24, 2.45) is 5.14 Å². The molecule has 2 aromatic carbocycles. The van der Waals surface area contributed by atoms with Crippen LogP contribution in [0.2, 0.25) is 0 Å². The van der Waals surface area contributed by atoms with Gasteiger partial charge in [-0.1, -0.05) is 25.1 Å². The number of para-hydroxylation sites is 1. The van der Waals surface area contributed by atoms with Crippen LogP contribution in [0.4, 0.5) is 17.1 Å². The van der Waals surface area contributed by atoms with Gasteiger partial charge in [-0.25, -0.2) is 13.6 Å². The number of primary sulfonamides is 1. The molecule has 5 nitrogen and oxygen atoms in total. The molecular formula is C15H19N3O2S. The first kappa shape index (κ1) is 15.3. The molecule has 21 heavy (non-hydrogen) atoms. The Morgan fingerprint density at radius 3 is 2.24 bits per heavy atom. The zero-order valence-corrected chi connectivity index (χ0v) is 12.9. The molecule has 0 unspecified atom stereocenters. The Labute approximate surface area is 125 Å². The average molecular weight is 305 g/mol. The predicted molar refractivity (Wildman–Crippen MR) is 86.1 cm³/mol. The highest BCUT2D eigenvalue weighted by atomic mass is 32.2. The van der Waals surface area contributed by atoms with Gasteiger partial charge in [0.15, 0.2) is 0 Å². The highest BCUT2D eigenvalue weighted by Gasteiger charge is 2.17. The smallest absolute Gasteiger partial charge is 0.240 e. The van der Waals surface area contributed by atoms with Gasteiger partial charge < -0.3 is 10.6 Å². The standard InChI is InChI=1S/C15H19N3O2S/c1-3-11-7-9-12(10-8-11)18(2)13-5-4-6-14(15(13)16)21(17,19)20/h4-10H,3,16H2,1-2H3,(H2,17,19,20). The van der Waals surface area contributed by atoms with E-state index in [4.69, 9.17) is 10.9 Å². The molecule has 0 heterocycles. The quantitative estimate of drug-likeness (QED) is 0.848. The first-order valence-electron chi connectivity index (χ1n) is 6.58. The molecular weight excluding hydrogens is 286 g/mol. The van der Waals surface area contributed by atoms with Crippen molar-refractivity contribution in [3.8, 4) is 0 Å². The van der Waals surface area contributed by atoms with Gasteiger partial charge >= 0.3 is 0 Å². The van der Waals surface area contributed by atoms with Gasteiger partial charge in [-0.3, -0.25) is 0 Å². The third-order valence-electron chi connectivity index (χ3n) is 3.44. The zero-order valence-electron chi connectivity index (χ0n) is 12.1. The van der Waals surface area contributed by atoms with Crippen molar-refractivity contribution in [3.63, 3.8) is 0 Å². The molecule has 0 aromatic heterocycles. The van der Waals surface area contributed by atoms with Gasteiger partial charge in [-0.15, -0.1) is 0 Å². The fraction of sp³-hybridized carbons (Fsp3) is 0.200. The minimum absolute atomic E-state index is 0.0583. The van der Waals surface area contributed by atoms with Crippen LogP contribution in [-0.4, -0.2) is 15.5 Å². The van der Waals surface area contributed by atoms with Crippen molar-refractivity contribution < 1.29 is 8.42 Å². The summed E-state index contributed by atoms with van der Waals surface area (Å²) < 4.78 is 23.1. The summed E-state index contributed by atoms with van der Waals surface area (Å²) in [5, 5.41) is 5.18. The van der Waals surface area contributed by atoms with Crippen LogP contribution < -0.4 is 15.8 Å². The number of sulfonamides is 1. The number of aryl methyl sites for hydroxylation is 1. The maximum Gasteiger partial charge on any atom is 0.240 e. The largest absolute Gasteiger partial charge is 0.396 e. The van der Waals surface area contributed by atoms with Crippen LogP contribution >= 0.6 is 0 Å². The summed E-state index contributed by atoms with van der Waals surface area (Å²) in [6, 6.07) is 12.8. The Morgan fingerprint density at radius 2 is 1.71 bits per heavy atom. The Balaban J connectivity index is 2.46. The van der Waals surface area contributed by atoms with E-state index in [1.54, 1.807) is 12.1 Å². The molecule has 0 amide bonds. The van der Waals surface area contributed by atoms with Crippen molar-refractivity contribution in [1.29, 1.82) is 0 Å². The summed E-state index contributed by atoms with van der Waals surface area (Å²) in [6.07, 6.45) is 0.965. The van der Waals surface area contributed by atoms with E-state index < -0.39 is 10.0 Å². The normalized spacial score (nSPS) is 11.4. The van der Waals surface area contributed by atoms with E-state index in [0.717, 1.165) is 12.1 Å². The Morgan fingerprint density at radius 1 is 1.10 bits per heavy atom. The summed E-state index contributed by atoms with van der Waals surface area (Å²) in [6.45, 7) is 2.09. The van der Waals surface area contributed by atoms with Crippen LogP contribution in [0.3, 0.4) is 0 Å². The van der Waals surface area contributed by atoms with Crippen molar-refractivity contribution >= 4 is 27.1 Å². The Hall–Kier alpha value is -2.05. The molecule has 6 heteroatoms. The van der Waals surface area contributed by atoms with Gasteiger partial charge in [0.2, 0.25) is 10.0 Å². The Kier molecular flexibility index (Phi) is 4.20. The lowest BCUT2D eigenvalue weighted by Crippen LogP contribution is -2.17. The van der Waals surface area contributed by atoms with E-state index in [-0.39, 0.29) is 10.6 Å². The Bertz CT molecular complexity index is 740. The van der Waals surface area contributed by atoms with E-state index in [0.29, 0.717) is 5.69 Å². The van der Waals surface area contributed by atoms with Crippen LogP contribution in [0, 0.1) is 0 Å². The summed E-state index contributed by atoms with van der Waals surface area (Å²) >= 11 is 0. The number of hydrogen-bond donors (Lipinski definition) is 2. The highest BCUT2D eigenvalue weighted by molar-refractivity contribution is 7.89. The van der Waals surface area contributed by atoms with Crippen LogP contribution in [0.1, 0.15) is 12.5 Å². The van der Waals surface area contributed by atoms with Crippen LogP contribution in [0.15, 0.2) is 47.4 Å². The predicted octanol–water partition coefficient (Wildman–Crippen LogP) is 2.25. The molecule has 2 aromatic rings. The third-order valence-corrected chi connectivity index (χ3v) is 4.41. The number of benzene rings is 2. The van der Waals surface area contributed by atoms with Crippen molar-refractivity contribution in [3.05, 3.63) is 48.0 Å². The second-order valence-electron chi connectivity index (χ2n) is 4.81. The SMILES string of the molecule is CCc1ccc(N(C)c2cccc(S(N)(=O)=O)c2N)cc1. The maximum atomic E-state index is 11.5. The number of anilines is 3. The summed E-state index contributed by atoms with van der Waals surface area (Å²) in [5.41, 5.74) is 8.88. The van der Waals surface area contributed by atoms with E-state index in [9.17, 15) is 8.42 Å². The molecule has 0 radical (unpaired) electrons. The van der Waals surface area contributed by atoms with Gasteiger partial charge in [0.05, 0.1) is 11.4 Å². The van der Waals surface area contributed by atoms with Gasteiger partial charge in [-0.2, -0.15) is 0 Å². The van der Waals surface area contributed by atoms with Gasteiger partial charge in [0.25, 0.3) is 0 Å². The molecule has 0 saturated heterocycles. The van der Waals surface area contributed by atoms with Crippen molar-refractivity contribution in [1.82, 2.24) is 0 Å². The first-order chi connectivity index (χ1) is 9.84. The van der Waals surface area contributed by atoms with Crippen molar-refractivity contribution in [2.75, 3.05) is 17.7 Å². The average Bonchev–Trinajstić information content (AvgIpc) is 2.45. The summed E-state index contributed by atoms with van der Waals surface area (Å²) in [7, 11) is -2.00. The van der Waals surface area contributed by atoms with Gasteiger partial charge in [-0.05, 0) is 36.2 Å². The molecule has 112 valence electrons. The van der Waals surface area contributed by atoms with Crippen molar-refractivity contribution in [2.45, 2.75) is 18.2 Å². The second kappa shape index (κ2) is 5.75. The lowest BCUT2D eigenvalue weighted by molar-refractivity contribution is 0.598. The number of hydrogen-bond acceptors (Lipinski definition) is 4. The minimum atomic E-state index is -3.83. The molecule has 0 atom stereocenters. The third kappa shape index (κ3) is 3.17. The van der Waals surface area contributed by atoms with Gasteiger partial charge in [0.1, 0.15) is 4.90 Å². The molecule has 0 aliphatic rings. The van der Waals surface area contributed by atoms with Crippen LogP contribution in [-0.2, 0) is 16.4 Å². The fourth-order valence-corrected chi connectivity index (χ4v) is 2.85. The molecule has 0 spiro atoms. The second-order valence-corrected chi connectivity index (χ2v) is 6.34. The first-order valence-corrected chi connectivity index (χ1v) is 8.13. The summed E-state index contributed by atoms with van der Waals surface area (Å²) in [5.74, 6) is 0. The van der Waals surface area contributed by atoms with E-state index in [1.165, 1.54) is 11.6 Å². The molecule has 0 saturated carbocycles. The molecule has 0 bridgehead atoms. The maximum absolute atomic E-state index is 11.5. The van der Waals surface area contributed by atoms with E-state index in [1.807, 2.05) is 36.2 Å².